The molecule has 0 aromatic heterocycles. The molecule has 3 amide bonds. The predicted molar refractivity (Wildman–Crippen MR) is 121 cm³/mol. The van der Waals surface area contributed by atoms with E-state index in [2.05, 4.69) is 10.6 Å². The second-order valence-corrected chi connectivity index (χ2v) is 6.74. The number of nitrogens with one attached hydrogen (secondary N) is 2. The Morgan fingerprint density at radius 3 is 2.25 bits per heavy atom. The van der Waals surface area contributed by atoms with Gasteiger partial charge in [-0.05, 0) is 60.7 Å². The van der Waals surface area contributed by atoms with Crippen LogP contribution in [0.3, 0.4) is 0 Å². The summed E-state index contributed by atoms with van der Waals surface area (Å²) in [4.78, 5) is 26.9. The van der Waals surface area contributed by atoms with Crippen LogP contribution >= 0.6 is 0 Å². The van der Waals surface area contributed by atoms with Gasteiger partial charge >= 0.3 is 6.03 Å². The summed E-state index contributed by atoms with van der Waals surface area (Å²) in [6.45, 7) is 0.343. The molecule has 0 spiro atoms. The van der Waals surface area contributed by atoms with Crippen LogP contribution in [-0.2, 0) is 0 Å². The van der Waals surface area contributed by atoms with E-state index in [9.17, 15) is 14.0 Å². The quantitative estimate of drug-likeness (QED) is 0.550. The molecule has 3 aromatic carbocycles. The summed E-state index contributed by atoms with van der Waals surface area (Å²) >= 11 is 0. The summed E-state index contributed by atoms with van der Waals surface area (Å²) in [5.41, 5.74) is 1.48. The first-order valence-corrected chi connectivity index (χ1v) is 9.91. The Bertz CT molecular complexity index is 1060. The van der Waals surface area contributed by atoms with E-state index in [4.69, 9.17) is 9.47 Å². The Balaban J connectivity index is 1.69. The highest BCUT2D eigenvalue weighted by Gasteiger charge is 2.18. The monoisotopic (exact) mass is 437 g/mol. The van der Waals surface area contributed by atoms with Crippen molar-refractivity contribution in [3.63, 3.8) is 0 Å². The van der Waals surface area contributed by atoms with Crippen LogP contribution in [0.5, 0.6) is 11.5 Å². The van der Waals surface area contributed by atoms with Crippen molar-refractivity contribution in [2.45, 2.75) is 0 Å². The number of methoxy groups -OCH3 is 2. The van der Waals surface area contributed by atoms with Gasteiger partial charge in [-0.3, -0.25) is 4.79 Å². The smallest absolute Gasteiger partial charge is 0.319 e. The third-order valence-corrected chi connectivity index (χ3v) is 4.70. The Morgan fingerprint density at radius 1 is 0.906 bits per heavy atom. The van der Waals surface area contributed by atoms with Gasteiger partial charge in [-0.15, -0.1) is 0 Å². The first-order chi connectivity index (χ1) is 15.5. The van der Waals surface area contributed by atoms with Crippen molar-refractivity contribution in [1.82, 2.24) is 5.32 Å². The molecule has 8 heteroatoms. The lowest BCUT2D eigenvalue weighted by Gasteiger charge is -2.23. The Labute approximate surface area is 185 Å². The van der Waals surface area contributed by atoms with Gasteiger partial charge in [0, 0.05) is 24.3 Å². The van der Waals surface area contributed by atoms with E-state index in [-0.39, 0.29) is 19.0 Å². The van der Waals surface area contributed by atoms with Crippen molar-refractivity contribution in [3.8, 4) is 11.5 Å². The summed E-state index contributed by atoms with van der Waals surface area (Å²) in [5, 5.41) is 5.44. The molecule has 166 valence electrons. The van der Waals surface area contributed by atoms with Crippen LogP contribution in [0.25, 0.3) is 0 Å². The molecule has 0 aliphatic heterocycles. The fourth-order valence-corrected chi connectivity index (χ4v) is 3.05. The third kappa shape index (κ3) is 5.75. The molecule has 0 aliphatic carbocycles. The number of amides is 3. The maximum Gasteiger partial charge on any atom is 0.319 e. The van der Waals surface area contributed by atoms with Crippen LogP contribution in [0.15, 0.2) is 72.8 Å². The second-order valence-electron chi connectivity index (χ2n) is 6.74. The highest BCUT2D eigenvalue weighted by Crippen LogP contribution is 2.23. The van der Waals surface area contributed by atoms with Crippen molar-refractivity contribution < 1.29 is 23.5 Å². The minimum absolute atomic E-state index is 0.167. The van der Waals surface area contributed by atoms with E-state index in [1.165, 1.54) is 36.3 Å². The summed E-state index contributed by atoms with van der Waals surface area (Å²) in [6.07, 6.45) is 0. The number of hydrogen-bond donors (Lipinski definition) is 2. The predicted octanol–water partition coefficient (Wildman–Crippen LogP) is 4.31. The lowest BCUT2D eigenvalue weighted by molar-refractivity contribution is 0.0987. The average Bonchev–Trinajstić information content (AvgIpc) is 2.82. The van der Waals surface area contributed by atoms with E-state index in [0.29, 0.717) is 28.4 Å². The Morgan fingerprint density at radius 2 is 1.59 bits per heavy atom. The lowest BCUT2D eigenvalue weighted by atomic mass is 10.1. The largest absolute Gasteiger partial charge is 0.497 e. The minimum atomic E-state index is -0.439. The van der Waals surface area contributed by atoms with Gasteiger partial charge < -0.3 is 25.0 Å². The molecule has 0 bridgehead atoms. The molecule has 0 fully saturated rings. The van der Waals surface area contributed by atoms with Gasteiger partial charge in [-0.1, -0.05) is 12.1 Å². The highest BCUT2D eigenvalue weighted by molar-refractivity contribution is 6.06. The average molecular weight is 437 g/mol. The minimum Gasteiger partial charge on any atom is -0.497 e. The summed E-state index contributed by atoms with van der Waals surface area (Å²) < 4.78 is 23.7. The van der Waals surface area contributed by atoms with E-state index in [1.54, 1.807) is 55.6 Å². The van der Waals surface area contributed by atoms with Crippen molar-refractivity contribution in [3.05, 3.63) is 84.2 Å². The number of nitrogens with zero attached hydrogens (tertiary/aromatic N) is 1. The van der Waals surface area contributed by atoms with E-state index in [1.807, 2.05) is 0 Å². The molecule has 0 aliphatic rings. The number of halogens is 1. The van der Waals surface area contributed by atoms with E-state index in [0.717, 1.165) is 0 Å². The van der Waals surface area contributed by atoms with Crippen molar-refractivity contribution in [2.24, 2.45) is 0 Å². The Kier molecular flexibility index (Phi) is 7.64. The number of carbonyl (C=O) groups excluding carboxylic acids is 2. The molecule has 7 nitrogen and oxygen atoms in total. The molecule has 0 saturated heterocycles. The number of hydrogen-bond acceptors (Lipinski definition) is 4. The fourth-order valence-electron chi connectivity index (χ4n) is 3.05. The molecular weight excluding hydrogens is 413 g/mol. The van der Waals surface area contributed by atoms with Crippen molar-refractivity contribution >= 4 is 23.3 Å². The van der Waals surface area contributed by atoms with E-state index >= 15 is 0 Å². The normalized spacial score (nSPS) is 10.2. The van der Waals surface area contributed by atoms with Crippen LogP contribution in [0.4, 0.5) is 20.6 Å². The van der Waals surface area contributed by atoms with E-state index < -0.39 is 11.8 Å². The molecule has 0 atom stereocenters. The molecule has 3 aromatic rings. The van der Waals surface area contributed by atoms with Crippen LogP contribution < -0.4 is 25.0 Å². The van der Waals surface area contributed by atoms with Gasteiger partial charge in [0.25, 0.3) is 5.91 Å². The number of para-hydroxylation sites is 2. The topological polar surface area (TPSA) is 79.9 Å². The summed E-state index contributed by atoms with van der Waals surface area (Å²) in [5.74, 6) is 0.473. The van der Waals surface area contributed by atoms with Gasteiger partial charge in [-0.2, -0.15) is 0 Å². The molecule has 32 heavy (non-hydrogen) atoms. The van der Waals surface area contributed by atoms with Crippen LogP contribution in [0, 0.1) is 5.82 Å². The molecule has 0 unspecified atom stereocenters. The summed E-state index contributed by atoms with van der Waals surface area (Å²) in [7, 11) is 3.06. The molecule has 0 heterocycles. The van der Waals surface area contributed by atoms with Gasteiger partial charge in [0.15, 0.2) is 0 Å². The van der Waals surface area contributed by atoms with Gasteiger partial charge in [-0.25, -0.2) is 9.18 Å². The number of urea groups is 1. The number of benzene rings is 3. The maximum atomic E-state index is 13.4. The van der Waals surface area contributed by atoms with Crippen LogP contribution in [0.1, 0.15) is 10.4 Å². The number of ether oxygens (including phenoxy) is 2. The zero-order valence-electron chi connectivity index (χ0n) is 17.8. The van der Waals surface area contributed by atoms with Gasteiger partial charge in [0.1, 0.15) is 17.3 Å². The third-order valence-electron chi connectivity index (χ3n) is 4.70. The standard InChI is InChI=1S/C24H24FN3O4/c1-31-20-13-7-17(8-14-20)23(29)28(19-11-9-18(25)10-12-19)16-15-26-24(30)27-21-5-3-4-6-22(21)32-2/h3-14H,15-16H2,1-2H3,(H2,26,27,30). The number of rotatable bonds is 8. The van der Waals surface area contributed by atoms with Crippen LogP contribution in [0.2, 0.25) is 0 Å². The maximum absolute atomic E-state index is 13.4. The lowest BCUT2D eigenvalue weighted by Crippen LogP contribution is -2.40. The first kappa shape index (κ1) is 22.6. The molecule has 3 rings (SSSR count). The first-order valence-electron chi connectivity index (χ1n) is 9.91. The second kappa shape index (κ2) is 10.8. The zero-order valence-corrected chi connectivity index (χ0v) is 17.8. The highest BCUT2D eigenvalue weighted by atomic mass is 19.1. The molecule has 0 saturated carbocycles. The number of anilines is 2. The molecular formula is C24H24FN3O4. The zero-order chi connectivity index (χ0) is 22.9. The van der Waals surface area contributed by atoms with Crippen LogP contribution in [-0.4, -0.2) is 39.2 Å². The Hall–Kier alpha value is -4.07. The summed E-state index contributed by atoms with van der Waals surface area (Å²) in [6, 6.07) is 18.9. The number of carbonyl (C=O) groups is 2. The van der Waals surface area contributed by atoms with Gasteiger partial charge in [0.2, 0.25) is 0 Å². The van der Waals surface area contributed by atoms with Gasteiger partial charge in [0.05, 0.1) is 19.9 Å². The molecule has 0 radical (unpaired) electrons. The van der Waals surface area contributed by atoms with Crippen molar-refractivity contribution in [2.75, 3.05) is 37.5 Å². The fraction of sp³-hybridized carbons (Fsp3) is 0.167. The van der Waals surface area contributed by atoms with Crippen molar-refractivity contribution in [1.29, 1.82) is 0 Å². The SMILES string of the molecule is COc1ccc(C(=O)N(CCNC(=O)Nc2ccccc2OC)c2ccc(F)cc2)cc1. The molecule has 2 N–H and O–H groups in total.